The molecule has 0 bridgehead atoms. The number of morpholine rings is 1. The minimum Gasteiger partial charge on any atom is -0.496 e. The van der Waals surface area contributed by atoms with Crippen LogP contribution in [0.25, 0.3) is 6.08 Å². The van der Waals surface area contributed by atoms with Gasteiger partial charge >= 0.3 is 0 Å². The molecule has 1 aliphatic rings. The first kappa shape index (κ1) is 24.8. The number of benzene rings is 2. The van der Waals surface area contributed by atoms with E-state index in [1.165, 1.54) is 23.6 Å². The van der Waals surface area contributed by atoms with Crippen molar-refractivity contribution in [2.45, 2.75) is 17.9 Å². The Morgan fingerprint density at radius 1 is 1.09 bits per heavy atom. The van der Waals surface area contributed by atoms with Crippen molar-refractivity contribution in [3.63, 3.8) is 0 Å². The van der Waals surface area contributed by atoms with Crippen molar-refractivity contribution in [2.75, 3.05) is 47.6 Å². The summed E-state index contributed by atoms with van der Waals surface area (Å²) in [4.78, 5) is 14.5. The van der Waals surface area contributed by atoms with Gasteiger partial charge in [0.1, 0.15) is 16.4 Å². The first-order chi connectivity index (χ1) is 15.8. The lowest BCUT2D eigenvalue weighted by Gasteiger charge is -2.26. The molecule has 33 heavy (non-hydrogen) atoms. The number of sulfonamides is 1. The zero-order chi connectivity index (χ0) is 24.0. The van der Waals surface area contributed by atoms with Crippen molar-refractivity contribution >= 4 is 22.0 Å². The largest absolute Gasteiger partial charge is 0.496 e. The minimum atomic E-state index is -3.75. The first-order valence-electron chi connectivity index (χ1n) is 10.6. The molecule has 0 saturated carbocycles. The number of nitrogens with zero attached hydrogens (tertiary/aromatic N) is 2. The van der Waals surface area contributed by atoms with Crippen molar-refractivity contribution in [1.82, 2.24) is 9.21 Å². The minimum absolute atomic E-state index is 0.0669. The summed E-state index contributed by atoms with van der Waals surface area (Å²) in [6.07, 6.45) is 3.03. The van der Waals surface area contributed by atoms with Crippen LogP contribution in [0.5, 0.6) is 11.5 Å². The fraction of sp³-hybridized carbons (Fsp3) is 0.375. The Balaban J connectivity index is 1.82. The monoisotopic (exact) mass is 474 g/mol. The van der Waals surface area contributed by atoms with Gasteiger partial charge in [-0.15, -0.1) is 0 Å². The molecule has 1 saturated heterocycles. The third-order valence-electron chi connectivity index (χ3n) is 5.71. The Morgan fingerprint density at radius 3 is 2.42 bits per heavy atom. The standard InChI is InChI=1S/C24H30N2O6S/c1-18(20-7-5-6-8-21(20)30-3)25(2)24(27)12-10-19-9-11-22(31-4)23(17-19)33(28,29)26-13-15-32-16-14-26/h5-12,17-18H,13-16H2,1-4H3/b12-10+. The van der Waals surface area contributed by atoms with Crippen LogP contribution in [0.1, 0.15) is 24.1 Å². The molecule has 9 heteroatoms. The lowest BCUT2D eigenvalue weighted by atomic mass is 10.1. The molecule has 0 aromatic heterocycles. The van der Waals surface area contributed by atoms with Crippen LogP contribution in [0.15, 0.2) is 53.4 Å². The fourth-order valence-corrected chi connectivity index (χ4v) is 5.22. The Kier molecular flexibility index (Phi) is 8.12. The molecule has 1 fully saturated rings. The van der Waals surface area contributed by atoms with Crippen LogP contribution in [0.4, 0.5) is 0 Å². The molecule has 0 spiro atoms. The quantitative estimate of drug-likeness (QED) is 0.547. The van der Waals surface area contributed by atoms with Crippen LogP contribution in [0.2, 0.25) is 0 Å². The maximum Gasteiger partial charge on any atom is 0.246 e. The number of rotatable bonds is 8. The van der Waals surface area contributed by atoms with E-state index in [2.05, 4.69) is 0 Å². The number of carbonyl (C=O) groups excluding carboxylic acids is 1. The number of ether oxygens (including phenoxy) is 3. The van der Waals surface area contributed by atoms with Gasteiger partial charge in [-0.3, -0.25) is 4.79 Å². The molecule has 1 aliphatic heterocycles. The van der Waals surface area contributed by atoms with Crippen LogP contribution in [0, 0.1) is 0 Å². The molecule has 0 N–H and O–H groups in total. The number of likely N-dealkylation sites (N-methyl/N-ethyl adjacent to an activating group) is 1. The number of hydrogen-bond acceptors (Lipinski definition) is 6. The van der Waals surface area contributed by atoms with E-state index >= 15 is 0 Å². The molecule has 1 atom stereocenters. The normalized spacial score (nSPS) is 15.9. The molecular weight excluding hydrogens is 444 g/mol. The lowest BCUT2D eigenvalue weighted by molar-refractivity contribution is -0.126. The third kappa shape index (κ3) is 5.55. The van der Waals surface area contributed by atoms with Crippen LogP contribution < -0.4 is 9.47 Å². The highest BCUT2D eigenvalue weighted by molar-refractivity contribution is 7.89. The highest BCUT2D eigenvalue weighted by atomic mass is 32.2. The molecule has 8 nitrogen and oxygen atoms in total. The van der Waals surface area contributed by atoms with E-state index in [0.717, 1.165) is 5.56 Å². The van der Waals surface area contributed by atoms with Gasteiger partial charge in [-0.05, 0) is 36.8 Å². The van der Waals surface area contributed by atoms with Gasteiger partial charge in [-0.2, -0.15) is 4.31 Å². The summed E-state index contributed by atoms with van der Waals surface area (Å²) < 4.78 is 43.7. The average Bonchev–Trinajstić information content (AvgIpc) is 2.86. The Labute approximate surface area is 195 Å². The SMILES string of the molecule is COc1ccccc1C(C)N(C)C(=O)/C=C/c1ccc(OC)c(S(=O)(=O)N2CCOCC2)c1. The number of amides is 1. The predicted octanol–water partition coefficient (Wildman–Crippen LogP) is 2.96. The van der Waals surface area contributed by atoms with Crippen LogP contribution in [-0.4, -0.2) is 71.1 Å². The number of methoxy groups -OCH3 is 2. The topological polar surface area (TPSA) is 85.4 Å². The summed E-state index contributed by atoms with van der Waals surface area (Å²) in [5.41, 5.74) is 1.47. The van der Waals surface area contributed by atoms with Gasteiger partial charge in [0.2, 0.25) is 15.9 Å². The third-order valence-corrected chi connectivity index (χ3v) is 7.63. The highest BCUT2D eigenvalue weighted by Gasteiger charge is 2.29. The van der Waals surface area contributed by atoms with E-state index < -0.39 is 10.0 Å². The number of para-hydroxylation sites is 1. The zero-order valence-corrected chi connectivity index (χ0v) is 20.2. The molecule has 2 aromatic carbocycles. The summed E-state index contributed by atoms with van der Waals surface area (Å²) >= 11 is 0. The van der Waals surface area contributed by atoms with E-state index in [-0.39, 0.29) is 35.7 Å². The molecule has 1 amide bonds. The van der Waals surface area contributed by atoms with Crippen molar-refractivity contribution in [3.05, 3.63) is 59.7 Å². The van der Waals surface area contributed by atoms with Crippen molar-refractivity contribution in [3.8, 4) is 11.5 Å². The zero-order valence-electron chi connectivity index (χ0n) is 19.4. The van der Waals surface area contributed by atoms with Gasteiger partial charge in [0.25, 0.3) is 0 Å². The van der Waals surface area contributed by atoms with Gasteiger partial charge in [0.15, 0.2) is 0 Å². The summed E-state index contributed by atoms with van der Waals surface area (Å²) in [6.45, 7) is 3.20. The van der Waals surface area contributed by atoms with Crippen molar-refractivity contribution < 1.29 is 27.4 Å². The summed E-state index contributed by atoms with van der Waals surface area (Å²) in [7, 11) is 0.988. The molecule has 1 unspecified atom stereocenters. The highest BCUT2D eigenvalue weighted by Crippen LogP contribution is 2.30. The Morgan fingerprint density at radius 2 is 1.76 bits per heavy atom. The fourth-order valence-electron chi connectivity index (χ4n) is 3.62. The van der Waals surface area contributed by atoms with Gasteiger partial charge in [0.05, 0.1) is 33.5 Å². The smallest absolute Gasteiger partial charge is 0.246 e. The van der Waals surface area contributed by atoms with Crippen LogP contribution in [-0.2, 0) is 19.6 Å². The predicted molar refractivity (Wildman–Crippen MR) is 126 cm³/mol. The molecule has 3 rings (SSSR count). The lowest BCUT2D eigenvalue weighted by Crippen LogP contribution is -2.40. The van der Waals surface area contributed by atoms with E-state index in [9.17, 15) is 13.2 Å². The Hall–Kier alpha value is -2.88. The molecule has 0 radical (unpaired) electrons. The average molecular weight is 475 g/mol. The summed E-state index contributed by atoms with van der Waals surface area (Å²) in [5.74, 6) is 0.746. The van der Waals surface area contributed by atoms with E-state index in [1.807, 2.05) is 31.2 Å². The van der Waals surface area contributed by atoms with Crippen molar-refractivity contribution in [2.24, 2.45) is 0 Å². The van der Waals surface area contributed by atoms with Gasteiger partial charge in [-0.25, -0.2) is 8.42 Å². The van der Waals surface area contributed by atoms with E-state index in [1.54, 1.807) is 37.3 Å². The van der Waals surface area contributed by atoms with Crippen molar-refractivity contribution in [1.29, 1.82) is 0 Å². The maximum absolute atomic E-state index is 13.2. The molecular formula is C24H30N2O6S. The molecule has 0 aliphatic carbocycles. The summed E-state index contributed by atoms with van der Waals surface area (Å²) in [5, 5.41) is 0. The first-order valence-corrected chi connectivity index (χ1v) is 12.1. The second kappa shape index (κ2) is 10.8. The number of hydrogen-bond donors (Lipinski definition) is 0. The van der Waals surface area contributed by atoms with Gasteiger partial charge < -0.3 is 19.1 Å². The van der Waals surface area contributed by atoms with Crippen LogP contribution >= 0.6 is 0 Å². The molecule has 178 valence electrons. The van der Waals surface area contributed by atoms with E-state index in [0.29, 0.717) is 24.5 Å². The maximum atomic E-state index is 13.2. The van der Waals surface area contributed by atoms with E-state index in [4.69, 9.17) is 14.2 Å². The number of carbonyl (C=O) groups is 1. The molecule has 2 aromatic rings. The summed E-state index contributed by atoms with van der Waals surface area (Å²) in [6, 6.07) is 12.2. The van der Waals surface area contributed by atoms with Crippen LogP contribution in [0.3, 0.4) is 0 Å². The van der Waals surface area contributed by atoms with Gasteiger partial charge in [-0.1, -0.05) is 24.3 Å². The second-order valence-electron chi connectivity index (χ2n) is 7.63. The van der Waals surface area contributed by atoms with Gasteiger partial charge in [0, 0.05) is 31.8 Å². The Bertz CT molecular complexity index is 1110. The second-order valence-corrected chi connectivity index (χ2v) is 9.53. The molecule has 1 heterocycles.